The molecule has 0 unspecified atom stereocenters. The molecule has 4 amide bonds. The van der Waals surface area contributed by atoms with Gasteiger partial charge in [0.05, 0.1) is 0 Å². The molecular formula is C24H27N3O4. The summed E-state index contributed by atoms with van der Waals surface area (Å²) in [6.45, 7) is 2.15. The SMILES string of the molecule is C[C@@H]1CCCC[C@]12NC(=O)N(CC(=O)Nc1ccc(OCc3ccccc3)cc1)C2=O. The van der Waals surface area contributed by atoms with Crippen LogP contribution in [0.3, 0.4) is 0 Å². The summed E-state index contributed by atoms with van der Waals surface area (Å²) in [5, 5.41) is 5.61. The fourth-order valence-corrected chi connectivity index (χ4v) is 4.36. The second-order valence-corrected chi connectivity index (χ2v) is 8.29. The third kappa shape index (κ3) is 4.40. The molecule has 7 heteroatoms. The molecule has 2 aromatic rings. The largest absolute Gasteiger partial charge is 0.489 e. The second-order valence-electron chi connectivity index (χ2n) is 8.29. The van der Waals surface area contributed by atoms with Crippen molar-refractivity contribution in [2.24, 2.45) is 5.92 Å². The molecule has 0 bridgehead atoms. The van der Waals surface area contributed by atoms with Crippen LogP contribution in [0.15, 0.2) is 54.6 Å². The minimum atomic E-state index is -0.854. The molecule has 2 fully saturated rings. The highest BCUT2D eigenvalue weighted by atomic mass is 16.5. The lowest BCUT2D eigenvalue weighted by Crippen LogP contribution is -2.54. The molecule has 162 valence electrons. The molecule has 0 radical (unpaired) electrons. The van der Waals surface area contributed by atoms with Gasteiger partial charge in [-0.25, -0.2) is 4.79 Å². The summed E-state index contributed by atoms with van der Waals surface area (Å²) in [4.78, 5) is 38.9. The Labute approximate surface area is 181 Å². The number of ether oxygens (including phenoxy) is 1. The highest BCUT2D eigenvalue weighted by molar-refractivity contribution is 6.10. The molecule has 1 saturated heterocycles. The fourth-order valence-electron chi connectivity index (χ4n) is 4.36. The van der Waals surface area contributed by atoms with Gasteiger partial charge < -0.3 is 15.4 Å². The van der Waals surface area contributed by atoms with E-state index >= 15 is 0 Å². The summed E-state index contributed by atoms with van der Waals surface area (Å²) in [6.07, 6.45) is 3.47. The minimum absolute atomic E-state index is 0.0641. The Morgan fingerprint density at radius 3 is 2.58 bits per heavy atom. The van der Waals surface area contributed by atoms with Gasteiger partial charge in [-0.15, -0.1) is 0 Å². The molecule has 1 aliphatic carbocycles. The van der Waals surface area contributed by atoms with E-state index in [0.29, 0.717) is 24.5 Å². The van der Waals surface area contributed by atoms with Crippen LogP contribution in [0.4, 0.5) is 10.5 Å². The zero-order chi connectivity index (χ0) is 21.8. The van der Waals surface area contributed by atoms with Crippen molar-refractivity contribution in [2.75, 3.05) is 11.9 Å². The monoisotopic (exact) mass is 421 g/mol. The zero-order valence-corrected chi connectivity index (χ0v) is 17.6. The van der Waals surface area contributed by atoms with Gasteiger partial charge in [0, 0.05) is 5.69 Å². The van der Waals surface area contributed by atoms with Gasteiger partial charge >= 0.3 is 6.03 Å². The molecule has 0 aromatic heterocycles. The predicted molar refractivity (Wildman–Crippen MR) is 116 cm³/mol. The van der Waals surface area contributed by atoms with Crippen molar-refractivity contribution in [3.05, 3.63) is 60.2 Å². The fraction of sp³-hybridized carbons (Fsp3) is 0.375. The summed E-state index contributed by atoms with van der Waals surface area (Å²) in [6, 6.07) is 16.4. The number of benzene rings is 2. The number of hydrogen-bond acceptors (Lipinski definition) is 4. The standard InChI is InChI=1S/C24H27N3O4/c1-17-7-5-6-14-24(17)22(29)27(23(30)26-24)15-21(28)25-19-10-12-20(13-11-19)31-16-18-8-3-2-4-9-18/h2-4,8-13,17H,5-7,14-16H2,1H3,(H,25,28)(H,26,30)/t17-,24+/m1/s1. The first-order valence-electron chi connectivity index (χ1n) is 10.7. The van der Waals surface area contributed by atoms with E-state index in [1.165, 1.54) is 0 Å². The molecule has 31 heavy (non-hydrogen) atoms. The van der Waals surface area contributed by atoms with Crippen LogP contribution < -0.4 is 15.4 Å². The first-order valence-corrected chi connectivity index (χ1v) is 10.7. The van der Waals surface area contributed by atoms with Gasteiger partial charge in [0.15, 0.2) is 0 Å². The summed E-state index contributed by atoms with van der Waals surface area (Å²) < 4.78 is 5.74. The van der Waals surface area contributed by atoms with Crippen molar-refractivity contribution < 1.29 is 19.1 Å². The van der Waals surface area contributed by atoms with Gasteiger partial charge in [-0.2, -0.15) is 0 Å². The van der Waals surface area contributed by atoms with Gasteiger partial charge in [0.25, 0.3) is 5.91 Å². The van der Waals surface area contributed by atoms with Crippen LogP contribution >= 0.6 is 0 Å². The van der Waals surface area contributed by atoms with Gasteiger partial charge in [-0.05, 0) is 48.6 Å². The number of nitrogens with one attached hydrogen (secondary N) is 2. The summed E-state index contributed by atoms with van der Waals surface area (Å²) >= 11 is 0. The Balaban J connectivity index is 1.32. The number of carbonyl (C=O) groups excluding carboxylic acids is 3. The quantitative estimate of drug-likeness (QED) is 0.696. The van der Waals surface area contributed by atoms with Crippen molar-refractivity contribution in [1.82, 2.24) is 10.2 Å². The zero-order valence-electron chi connectivity index (χ0n) is 17.6. The lowest BCUT2D eigenvalue weighted by atomic mass is 9.73. The summed E-state index contributed by atoms with van der Waals surface area (Å²) in [5.74, 6) is 0.0462. The maximum Gasteiger partial charge on any atom is 0.325 e. The van der Waals surface area contributed by atoms with Crippen molar-refractivity contribution in [3.63, 3.8) is 0 Å². The Kier molecular flexibility index (Phi) is 5.93. The highest BCUT2D eigenvalue weighted by Gasteiger charge is 2.55. The molecule has 7 nitrogen and oxygen atoms in total. The third-order valence-corrected chi connectivity index (χ3v) is 6.19. The number of rotatable bonds is 6. The van der Waals surface area contributed by atoms with E-state index in [1.807, 2.05) is 37.3 Å². The Hall–Kier alpha value is -3.35. The van der Waals surface area contributed by atoms with Crippen LogP contribution in [0.25, 0.3) is 0 Å². The van der Waals surface area contributed by atoms with Gasteiger partial charge in [-0.3, -0.25) is 14.5 Å². The highest BCUT2D eigenvalue weighted by Crippen LogP contribution is 2.38. The van der Waals surface area contributed by atoms with Crippen molar-refractivity contribution >= 4 is 23.5 Å². The van der Waals surface area contributed by atoms with E-state index in [9.17, 15) is 14.4 Å². The Morgan fingerprint density at radius 2 is 1.87 bits per heavy atom. The number of urea groups is 1. The van der Waals surface area contributed by atoms with Crippen LogP contribution in [0.2, 0.25) is 0 Å². The van der Waals surface area contributed by atoms with E-state index in [2.05, 4.69) is 10.6 Å². The lowest BCUT2D eigenvalue weighted by Gasteiger charge is -2.36. The van der Waals surface area contributed by atoms with E-state index in [0.717, 1.165) is 29.7 Å². The van der Waals surface area contributed by atoms with E-state index in [-0.39, 0.29) is 18.4 Å². The number of nitrogens with zero attached hydrogens (tertiary/aromatic N) is 1. The maximum atomic E-state index is 13.0. The van der Waals surface area contributed by atoms with Crippen molar-refractivity contribution in [1.29, 1.82) is 0 Å². The first kappa shape index (κ1) is 20.9. The van der Waals surface area contributed by atoms with Crippen LogP contribution in [-0.4, -0.2) is 34.8 Å². The minimum Gasteiger partial charge on any atom is -0.489 e. The van der Waals surface area contributed by atoms with Gasteiger partial charge in [0.1, 0.15) is 24.4 Å². The topological polar surface area (TPSA) is 87.7 Å². The average Bonchev–Trinajstić information content (AvgIpc) is 3.01. The molecular weight excluding hydrogens is 394 g/mol. The van der Waals surface area contributed by atoms with Crippen molar-refractivity contribution in [2.45, 2.75) is 44.8 Å². The Morgan fingerprint density at radius 1 is 1.13 bits per heavy atom. The molecule has 1 aliphatic heterocycles. The summed E-state index contributed by atoms with van der Waals surface area (Å²) in [7, 11) is 0. The van der Waals surface area contributed by atoms with E-state index < -0.39 is 17.5 Å². The molecule has 2 N–H and O–H groups in total. The molecule has 1 saturated carbocycles. The van der Waals surface area contributed by atoms with Crippen LogP contribution in [-0.2, 0) is 16.2 Å². The summed E-state index contributed by atoms with van der Waals surface area (Å²) in [5.41, 5.74) is 0.788. The van der Waals surface area contributed by atoms with E-state index in [4.69, 9.17) is 4.74 Å². The normalized spacial score (nSPS) is 23.0. The number of hydrogen-bond donors (Lipinski definition) is 2. The second kappa shape index (κ2) is 8.79. The van der Waals surface area contributed by atoms with Gasteiger partial charge in [0.2, 0.25) is 5.91 Å². The Bertz CT molecular complexity index is 961. The molecule has 4 rings (SSSR count). The molecule has 2 aromatic carbocycles. The third-order valence-electron chi connectivity index (χ3n) is 6.19. The van der Waals surface area contributed by atoms with E-state index in [1.54, 1.807) is 24.3 Å². The molecule has 2 atom stereocenters. The molecule has 1 heterocycles. The average molecular weight is 421 g/mol. The van der Waals surface area contributed by atoms with Crippen LogP contribution in [0.5, 0.6) is 5.75 Å². The number of carbonyl (C=O) groups is 3. The molecule has 2 aliphatic rings. The number of anilines is 1. The number of imide groups is 1. The van der Waals surface area contributed by atoms with Gasteiger partial charge in [-0.1, -0.05) is 50.1 Å². The van der Waals surface area contributed by atoms with Crippen molar-refractivity contribution in [3.8, 4) is 5.75 Å². The predicted octanol–water partition coefficient (Wildman–Crippen LogP) is 3.70. The molecule has 1 spiro atoms. The lowest BCUT2D eigenvalue weighted by molar-refractivity contribution is -0.136. The maximum absolute atomic E-state index is 13.0. The first-order chi connectivity index (χ1) is 15.0. The van der Waals surface area contributed by atoms with Crippen LogP contribution in [0.1, 0.15) is 38.2 Å². The van der Waals surface area contributed by atoms with Crippen LogP contribution in [0, 0.1) is 5.92 Å². The smallest absolute Gasteiger partial charge is 0.325 e. The number of amides is 4.